The van der Waals surface area contributed by atoms with Gasteiger partial charge < -0.3 is 18.7 Å². The van der Waals surface area contributed by atoms with Gasteiger partial charge in [-0.15, -0.1) is 0 Å². The van der Waals surface area contributed by atoms with Crippen LogP contribution in [0, 0.1) is 13.8 Å². The second-order valence-corrected chi connectivity index (χ2v) is 8.04. The number of likely N-dealkylation sites (tertiary alicyclic amines) is 1. The molecular formula is C22H27N5O4. The third-order valence-corrected chi connectivity index (χ3v) is 6.19. The summed E-state index contributed by atoms with van der Waals surface area (Å²) in [5.41, 5.74) is 2.20. The van der Waals surface area contributed by atoms with Crippen molar-refractivity contribution in [3.63, 3.8) is 0 Å². The van der Waals surface area contributed by atoms with Gasteiger partial charge in [0.05, 0.1) is 12.1 Å². The van der Waals surface area contributed by atoms with Crippen LogP contribution in [0.2, 0.25) is 0 Å². The van der Waals surface area contributed by atoms with Crippen molar-refractivity contribution in [2.75, 3.05) is 26.8 Å². The van der Waals surface area contributed by atoms with Crippen LogP contribution in [0.3, 0.4) is 0 Å². The Balaban J connectivity index is 1.48. The Kier molecular flexibility index (Phi) is 6.13. The smallest absolute Gasteiger partial charge is 0.258 e. The van der Waals surface area contributed by atoms with Crippen molar-refractivity contribution in [1.29, 1.82) is 0 Å². The SMILES string of the molecule is COCCC1(c2noc(-c3ccncc3)n2)CCN(C(=O)Cc2c(C)noc2C)CC1. The van der Waals surface area contributed by atoms with Crippen molar-refractivity contribution in [1.82, 2.24) is 25.2 Å². The van der Waals surface area contributed by atoms with Crippen LogP contribution in [-0.4, -0.2) is 57.9 Å². The number of carbonyl (C=O) groups is 1. The van der Waals surface area contributed by atoms with E-state index in [1.165, 1.54) is 0 Å². The molecular weight excluding hydrogens is 398 g/mol. The maximum Gasteiger partial charge on any atom is 0.258 e. The highest BCUT2D eigenvalue weighted by atomic mass is 16.5. The van der Waals surface area contributed by atoms with E-state index in [-0.39, 0.29) is 11.3 Å². The highest BCUT2D eigenvalue weighted by molar-refractivity contribution is 5.79. The van der Waals surface area contributed by atoms with E-state index < -0.39 is 0 Å². The minimum atomic E-state index is -0.287. The summed E-state index contributed by atoms with van der Waals surface area (Å²) in [6.45, 7) is 5.55. The zero-order valence-electron chi connectivity index (χ0n) is 18.1. The van der Waals surface area contributed by atoms with Crippen LogP contribution < -0.4 is 0 Å². The van der Waals surface area contributed by atoms with Gasteiger partial charge in [-0.3, -0.25) is 9.78 Å². The minimum absolute atomic E-state index is 0.0836. The average Bonchev–Trinajstić information content (AvgIpc) is 3.42. The summed E-state index contributed by atoms with van der Waals surface area (Å²) >= 11 is 0. The Bertz CT molecular complexity index is 1000. The van der Waals surface area contributed by atoms with E-state index in [2.05, 4.69) is 15.3 Å². The number of aromatic nitrogens is 4. The summed E-state index contributed by atoms with van der Waals surface area (Å²) in [5, 5.41) is 8.26. The predicted molar refractivity (Wildman–Crippen MR) is 111 cm³/mol. The van der Waals surface area contributed by atoms with E-state index in [9.17, 15) is 4.79 Å². The number of ether oxygens (including phenoxy) is 1. The van der Waals surface area contributed by atoms with Crippen molar-refractivity contribution in [3.05, 3.63) is 47.4 Å². The number of hydrogen-bond acceptors (Lipinski definition) is 8. The highest BCUT2D eigenvalue weighted by Crippen LogP contribution is 2.38. The number of rotatable bonds is 7. The molecule has 0 aliphatic carbocycles. The predicted octanol–water partition coefficient (Wildman–Crippen LogP) is 2.88. The second-order valence-electron chi connectivity index (χ2n) is 8.04. The Morgan fingerprint density at radius 3 is 2.55 bits per heavy atom. The summed E-state index contributed by atoms with van der Waals surface area (Å²) in [7, 11) is 1.69. The second kappa shape index (κ2) is 8.97. The summed E-state index contributed by atoms with van der Waals surface area (Å²) in [6, 6.07) is 3.68. The molecule has 1 saturated heterocycles. The van der Waals surface area contributed by atoms with Crippen molar-refractivity contribution in [2.24, 2.45) is 0 Å². The first kappa shape index (κ1) is 21.2. The van der Waals surface area contributed by atoms with E-state index in [1.54, 1.807) is 19.5 Å². The van der Waals surface area contributed by atoms with Crippen LogP contribution in [0.4, 0.5) is 0 Å². The number of pyridine rings is 1. The average molecular weight is 425 g/mol. The van der Waals surface area contributed by atoms with E-state index in [4.69, 9.17) is 18.8 Å². The van der Waals surface area contributed by atoms with Crippen LogP contribution in [0.1, 0.15) is 42.1 Å². The van der Waals surface area contributed by atoms with E-state index >= 15 is 0 Å². The van der Waals surface area contributed by atoms with Gasteiger partial charge in [0.2, 0.25) is 5.91 Å². The van der Waals surface area contributed by atoms with Gasteiger partial charge in [-0.25, -0.2) is 0 Å². The van der Waals surface area contributed by atoms with Gasteiger partial charge in [0.1, 0.15) is 5.76 Å². The lowest BCUT2D eigenvalue weighted by Gasteiger charge is -2.39. The third kappa shape index (κ3) is 4.36. The summed E-state index contributed by atoms with van der Waals surface area (Å²) in [5.74, 6) is 1.94. The zero-order chi connectivity index (χ0) is 21.8. The normalized spacial score (nSPS) is 15.9. The fraction of sp³-hybridized carbons (Fsp3) is 0.500. The number of carbonyl (C=O) groups excluding carboxylic acids is 1. The molecule has 3 aromatic rings. The van der Waals surface area contributed by atoms with E-state index in [0.717, 1.165) is 36.1 Å². The van der Waals surface area contributed by atoms with Crippen LogP contribution in [0.5, 0.6) is 0 Å². The first-order chi connectivity index (χ1) is 15.0. The number of nitrogens with zero attached hydrogens (tertiary/aromatic N) is 5. The van der Waals surface area contributed by atoms with Crippen molar-refractivity contribution in [3.8, 4) is 11.5 Å². The maximum atomic E-state index is 12.9. The largest absolute Gasteiger partial charge is 0.385 e. The topological polar surface area (TPSA) is 107 Å². The molecule has 4 rings (SSSR count). The molecule has 0 radical (unpaired) electrons. The van der Waals surface area contributed by atoms with Gasteiger partial charge >= 0.3 is 0 Å². The Labute approximate surface area is 180 Å². The molecule has 31 heavy (non-hydrogen) atoms. The molecule has 0 unspecified atom stereocenters. The van der Waals surface area contributed by atoms with E-state index in [1.807, 2.05) is 30.9 Å². The first-order valence-electron chi connectivity index (χ1n) is 10.5. The van der Waals surface area contributed by atoms with Gasteiger partial charge in [-0.1, -0.05) is 10.3 Å². The Morgan fingerprint density at radius 2 is 1.90 bits per heavy atom. The number of piperidine rings is 1. The lowest BCUT2D eigenvalue weighted by Crippen LogP contribution is -2.46. The molecule has 1 aliphatic heterocycles. The van der Waals surface area contributed by atoms with Crippen molar-refractivity contribution < 1.29 is 18.6 Å². The van der Waals surface area contributed by atoms with Crippen LogP contribution in [-0.2, 0) is 21.4 Å². The van der Waals surface area contributed by atoms with Gasteiger partial charge in [0, 0.05) is 55.7 Å². The molecule has 1 aliphatic rings. The zero-order valence-corrected chi connectivity index (χ0v) is 18.1. The highest BCUT2D eigenvalue weighted by Gasteiger charge is 2.41. The van der Waals surface area contributed by atoms with Gasteiger partial charge in [-0.05, 0) is 45.2 Å². The van der Waals surface area contributed by atoms with Crippen LogP contribution in [0.15, 0.2) is 33.6 Å². The molecule has 0 aromatic carbocycles. The number of hydrogen-bond donors (Lipinski definition) is 0. The van der Waals surface area contributed by atoms with Crippen LogP contribution >= 0.6 is 0 Å². The molecule has 0 bridgehead atoms. The molecule has 1 amide bonds. The minimum Gasteiger partial charge on any atom is -0.385 e. The lowest BCUT2D eigenvalue weighted by molar-refractivity contribution is -0.132. The summed E-state index contributed by atoms with van der Waals surface area (Å²) in [6.07, 6.45) is 5.97. The van der Waals surface area contributed by atoms with Crippen molar-refractivity contribution in [2.45, 2.75) is 44.9 Å². The molecule has 9 nitrogen and oxygen atoms in total. The number of methoxy groups -OCH3 is 1. The van der Waals surface area contributed by atoms with Gasteiger partial charge in [-0.2, -0.15) is 4.98 Å². The Hall–Kier alpha value is -3.07. The molecule has 0 atom stereocenters. The standard InChI is InChI=1S/C22H27N5O4/c1-15-18(16(2)30-25-15)14-19(28)27-11-6-22(7-12-27,8-13-29-3)21-24-20(31-26-21)17-4-9-23-10-5-17/h4-5,9-10H,6-8,11-14H2,1-3H3. The molecule has 0 saturated carbocycles. The monoisotopic (exact) mass is 425 g/mol. The lowest BCUT2D eigenvalue weighted by atomic mass is 9.75. The van der Waals surface area contributed by atoms with Crippen molar-refractivity contribution >= 4 is 5.91 Å². The van der Waals surface area contributed by atoms with E-state index in [0.29, 0.717) is 43.6 Å². The number of aryl methyl sites for hydroxylation is 2. The maximum absolute atomic E-state index is 12.9. The molecule has 0 spiro atoms. The first-order valence-corrected chi connectivity index (χ1v) is 10.5. The van der Waals surface area contributed by atoms with Gasteiger partial charge in [0.15, 0.2) is 5.82 Å². The molecule has 9 heteroatoms. The number of amides is 1. The molecule has 1 fully saturated rings. The molecule has 0 N–H and O–H groups in total. The molecule has 164 valence electrons. The third-order valence-electron chi connectivity index (χ3n) is 6.19. The summed E-state index contributed by atoms with van der Waals surface area (Å²) in [4.78, 5) is 23.5. The quantitative estimate of drug-likeness (QED) is 0.569. The fourth-order valence-electron chi connectivity index (χ4n) is 4.13. The van der Waals surface area contributed by atoms with Gasteiger partial charge in [0.25, 0.3) is 5.89 Å². The Morgan fingerprint density at radius 1 is 1.16 bits per heavy atom. The summed E-state index contributed by atoms with van der Waals surface area (Å²) < 4.78 is 16.1. The molecule has 4 heterocycles. The molecule has 3 aromatic heterocycles. The fourth-order valence-corrected chi connectivity index (χ4v) is 4.13. The van der Waals surface area contributed by atoms with Crippen LogP contribution in [0.25, 0.3) is 11.5 Å².